The van der Waals surface area contributed by atoms with Crippen molar-refractivity contribution in [1.82, 2.24) is 5.32 Å². The largest absolute Gasteiger partial charge is 0.310 e. The molecular weight excluding hydrogens is 202 g/mol. The molecule has 0 aliphatic heterocycles. The lowest BCUT2D eigenvalue weighted by Gasteiger charge is -2.10. The molecule has 0 aromatic carbocycles. The maximum atomic E-state index is 4.14. The molecule has 0 aromatic rings. The van der Waals surface area contributed by atoms with Crippen molar-refractivity contribution in [3.8, 4) is 0 Å². The third-order valence-electron chi connectivity index (χ3n) is 3.35. The van der Waals surface area contributed by atoms with Crippen molar-refractivity contribution >= 4 is 11.8 Å². The van der Waals surface area contributed by atoms with Gasteiger partial charge in [-0.25, -0.2) is 0 Å². The Kier molecular flexibility index (Phi) is 4.58. The summed E-state index contributed by atoms with van der Waals surface area (Å²) in [5, 5.41) is 3.52. The van der Waals surface area contributed by atoms with Crippen LogP contribution in [0.4, 0.5) is 0 Å². The summed E-state index contributed by atoms with van der Waals surface area (Å²) in [5.74, 6) is 3.54. The third-order valence-corrected chi connectivity index (χ3v) is 4.67. The molecule has 1 nitrogen and oxygen atoms in total. The summed E-state index contributed by atoms with van der Waals surface area (Å²) in [6, 6.07) is 0.821. The molecule has 2 aliphatic carbocycles. The highest BCUT2D eigenvalue weighted by Gasteiger charge is 2.20. The molecule has 0 amide bonds. The third kappa shape index (κ3) is 4.60. The summed E-state index contributed by atoms with van der Waals surface area (Å²) in [7, 11) is 0. The number of hydrogen-bond acceptors (Lipinski definition) is 2. The summed E-state index contributed by atoms with van der Waals surface area (Å²) in [4.78, 5) is 0. The van der Waals surface area contributed by atoms with Gasteiger partial charge in [0.05, 0.1) is 0 Å². The summed E-state index contributed by atoms with van der Waals surface area (Å²) in [5.41, 5.74) is 1.38. The van der Waals surface area contributed by atoms with Gasteiger partial charge in [0.25, 0.3) is 0 Å². The molecule has 0 aromatic heterocycles. The van der Waals surface area contributed by atoms with Crippen LogP contribution in [0.15, 0.2) is 12.2 Å². The van der Waals surface area contributed by atoms with Crippen LogP contribution >= 0.6 is 11.8 Å². The van der Waals surface area contributed by atoms with E-state index in [4.69, 9.17) is 0 Å². The van der Waals surface area contributed by atoms with Gasteiger partial charge in [-0.3, -0.25) is 0 Å². The zero-order valence-electron chi connectivity index (χ0n) is 9.63. The van der Waals surface area contributed by atoms with Crippen LogP contribution in [0.2, 0.25) is 0 Å². The predicted molar refractivity (Wildman–Crippen MR) is 69.4 cm³/mol. The summed E-state index contributed by atoms with van der Waals surface area (Å²) >= 11 is 2.09. The van der Waals surface area contributed by atoms with Crippen molar-refractivity contribution < 1.29 is 0 Å². The quantitative estimate of drug-likeness (QED) is 0.668. The zero-order valence-corrected chi connectivity index (χ0v) is 10.5. The Morgan fingerprint density at radius 3 is 2.60 bits per heavy atom. The second-order valence-corrected chi connectivity index (χ2v) is 6.10. The fraction of sp³-hybridized carbons (Fsp3) is 0.846. The van der Waals surface area contributed by atoms with Crippen LogP contribution in [0.3, 0.4) is 0 Å². The van der Waals surface area contributed by atoms with E-state index in [2.05, 4.69) is 23.7 Å². The van der Waals surface area contributed by atoms with Crippen LogP contribution in [-0.4, -0.2) is 24.1 Å². The second-order valence-electron chi connectivity index (χ2n) is 5.07. The lowest BCUT2D eigenvalue weighted by atomic mass is 10.1. The van der Waals surface area contributed by atoms with Crippen molar-refractivity contribution in [1.29, 1.82) is 0 Å². The van der Waals surface area contributed by atoms with Crippen molar-refractivity contribution in [2.45, 2.75) is 44.6 Å². The first-order chi connectivity index (χ1) is 7.34. The molecule has 0 radical (unpaired) electrons. The molecule has 0 spiro atoms. The van der Waals surface area contributed by atoms with Gasteiger partial charge in [0.1, 0.15) is 0 Å². The molecule has 15 heavy (non-hydrogen) atoms. The monoisotopic (exact) mass is 225 g/mol. The van der Waals surface area contributed by atoms with Crippen molar-refractivity contribution in [3.63, 3.8) is 0 Å². The summed E-state index contributed by atoms with van der Waals surface area (Å²) in [6.07, 6.45) is 8.63. The highest BCUT2D eigenvalue weighted by Crippen LogP contribution is 2.28. The van der Waals surface area contributed by atoms with Gasteiger partial charge in [-0.15, -0.1) is 0 Å². The van der Waals surface area contributed by atoms with Gasteiger partial charge in [0.15, 0.2) is 0 Å². The van der Waals surface area contributed by atoms with E-state index in [1.165, 1.54) is 49.9 Å². The lowest BCUT2D eigenvalue weighted by molar-refractivity contribution is 0.623. The summed E-state index contributed by atoms with van der Waals surface area (Å²) < 4.78 is 0. The van der Waals surface area contributed by atoms with E-state index in [9.17, 15) is 0 Å². The summed E-state index contributed by atoms with van der Waals surface area (Å²) in [6.45, 7) is 5.18. The molecule has 0 unspecified atom stereocenters. The van der Waals surface area contributed by atoms with Gasteiger partial charge >= 0.3 is 0 Å². The SMILES string of the molecule is C=C(CNC1CC1)CSCC1CCCC1. The first kappa shape index (κ1) is 11.5. The van der Waals surface area contributed by atoms with E-state index in [1.807, 2.05) is 0 Å². The molecule has 1 N–H and O–H groups in total. The first-order valence-electron chi connectivity index (χ1n) is 6.32. The number of rotatable bonds is 7. The topological polar surface area (TPSA) is 12.0 Å². The van der Waals surface area contributed by atoms with E-state index >= 15 is 0 Å². The lowest BCUT2D eigenvalue weighted by Crippen LogP contribution is -2.19. The minimum Gasteiger partial charge on any atom is -0.310 e. The highest BCUT2D eigenvalue weighted by atomic mass is 32.2. The Morgan fingerprint density at radius 2 is 1.93 bits per heavy atom. The Hall–Kier alpha value is 0.0500. The molecule has 0 saturated heterocycles. The van der Waals surface area contributed by atoms with Gasteiger partial charge in [-0.1, -0.05) is 25.0 Å². The van der Waals surface area contributed by atoms with E-state index in [0.717, 1.165) is 24.3 Å². The maximum absolute atomic E-state index is 4.14. The maximum Gasteiger partial charge on any atom is 0.0172 e. The fourth-order valence-electron chi connectivity index (χ4n) is 2.17. The average Bonchev–Trinajstić information content (AvgIpc) is 2.92. The van der Waals surface area contributed by atoms with Crippen molar-refractivity contribution in [2.24, 2.45) is 5.92 Å². The minimum atomic E-state index is 0.821. The molecule has 2 rings (SSSR count). The Balaban J connectivity index is 1.46. The number of thioether (sulfide) groups is 1. The van der Waals surface area contributed by atoms with E-state index in [-0.39, 0.29) is 0 Å². The molecule has 2 heteroatoms. The van der Waals surface area contributed by atoms with Crippen molar-refractivity contribution in [2.75, 3.05) is 18.1 Å². The molecule has 2 aliphatic rings. The molecule has 0 heterocycles. The molecule has 86 valence electrons. The number of nitrogens with one attached hydrogen (secondary N) is 1. The van der Waals surface area contributed by atoms with E-state index in [0.29, 0.717) is 0 Å². The van der Waals surface area contributed by atoms with Crippen LogP contribution in [0, 0.1) is 5.92 Å². The Labute approximate surface area is 98.1 Å². The average molecular weight is 225 g/mol. The minimum absolute atomic E-state index is 0.821. The molecule has 2 saturated carbocycles. The van der Waals surface area contributed by atoms with Crippen LogP contribution in [0.5, 0.6) is 0 Å². The van der Waals surface area contributed by atoms with Gasteiger partial charge in [0, 0.05) is 18.3 Å². The standard InChI is InChI=1S/C13H23NS/c1-11(8-14-13-6-7-13)9-15-10-12-4-2-3-5-12/h12-14H,1-10H2. The highest BCUT2D eigenvalue weighted by molar-refractivity contribution is 7.99. The number of hydrogen-bond donors (Lipinski definition) is 1. The van der Waals surface area contributed by atoms with Gasteiger partial charge in [-0.2, -0.15) is 11.8 Å². The van der Waals surface area contributed by atoms with Crippen LogP contribution in [-0.2, 0) is 0 Å². The van der Waals surface area contributed by atoms with Gasteiger partial charge in [-0.05, 0) is 37.4 Å². The van der Waals surface area contributed by atoms with Gasteiger partial charge in [0.2, 0.25) is 0 Å². The Morgan fingerprint density at radius 1 is 1.20 bits per heavy atom. The normalized spacial score (nSPS) is 22.1. The zero-order chi connectivity index (χ0) is 10.5. The van der Waals surface area contributed by atoms with E-state index < -0.39 is 0 Å². The predicted octanol–water partition coefficient (Wildman–Crippen LogP) is 3.22. The van der Waals surface area contributed by atoms with Crippen LogP contribution < -0.4 is 5.32 Å². The molecule has 2 fully saturated rings. The molecule has 0 bridgehead atoms. The first-order valence-corrected chi connectivity index (χ1v) is 7.48. The Bertz CT molecular complexity index is 205. The second kappa shape index (κ2) is 5.95. The fourth-order valence-corrected chi connectivity index (χ4v) is 3.35. The molecular formula is C13H23NS. The van der Waals surface area contributed by atoms with Gasteiger partial charge < -0.3 is 5.32 Å². The van der Waals surface area contributed by atoms with E-state index in [1.54, 1.807) is 0 Å². The van der Waals surface area contributed by atoms with Crippen LogP contribution in [0.1, 0.15) is 38.5 Å². The smallest absolute Gasteiger partial charge is 0.0172 e. The van der Waals surface area contributed by atoms with Crippen molar-refractivity contribution in [3.05, 3.63) is 12.2 Å². The molecule has 0 atom stereocenters. The van der Waals surface area contributed by atoms with Crippen LogP contribution in [0.25, 0.3) is 0 Å².